The van der Waals surface area contributed by atoms with E-state index in [9.17, 15) is 14.7 Å². The number of ether oxygens (including phenoxy) is 4. The molecule has 2 N–H and O–H groups in total. The van der Waals surface area contributed by atoms with Gasteiger partial charge in [-0.15, -0.1) is 0 Å². The van der Waals surface area contributed by atoms with Gasteiger partial charge in [-0.05, 0) is 42.5 Å². The Hall–Kier alpha value is -3.46. The van der Waals surface area contributed by atoms with Gasteiger partial charge in [0.05, 0.1) is 27.4 Å². The summed E-state index contributed by atoms with van der Waals surface area (Å²) < 4.78 is 21.3. The van der Waals surface area contributed by atoms with E-state index < -0.39 is 18.1 Å². The zero-order valence-corrected chi connectivity index (χ0v) is 19.8. The summed E-state index contributed by atoms with van der Waals surface area (Å²) in [6.07, 6.45) is 0.197. The first-order valence-electron chi connectivity index (χ1n) is 11.2. The highest BCUT2D eigenvalue weighted by atomic mass is 16.5. The first-order valence-corrected chi connectivity index (χ1v) is 11.2. The highest BCUT2D eigenvalue weighted by molar-refractivity contribution is 5.83. The SMILES string of the molecule is COc1cc(C(O)C(=O)N2CCC[C@H]2COC(=O)NCCc2ccccc2)cc(OC)c1OC. The van der Waals surface area contributed by atoms with E-state index in [0.717, 1.165) is 12.0 Å². The summed E-state index contributed by atoms with van der Waals surface area (Å²) in [4.78, 5) is 26.7. The Morgan fingerprint density at radius 2 is 1.76 bits per heavy atom. The van der Waals surface area contributed by atoms with E-state index in [4.69, 9.17) is 18.9 Å². The van der Waals surface area contributed by atoms with Crippen LogP contribution in [0.15, 0.2) is 42.5 Å². The van der Waals surface area contributed by atoms with E-state index in [2.05, 4.69) is 5.32 Å². The van der Waals surface area contributed by atoms with Gasteiger partial charge in [-0.3, -0.25) is 4.79 Å². The van der Waals surface area contributed by atoms with Crippen molar-refractivity contribution in [1.29, 1.82) is 0 Å². The van der Waals surface area contributed by atoms with Crippen LogP contribution in [0.5, 0.6) is 17.2 Å². The Morgan fingerprint density at radius 3 is 2.38 bits per heavy atom. The van der Waals surface area contributed by atoms with Crippen molar-refractivity contribution in [3.8, 4) is 17.2 Å². The number of carbonyl (C=O) groups excluding carboxylic acids is 2. The largest absolute Gasteiger partial charge is 0.493 e. The average Bonchev–Trinajstić information content (AvgIpc) is 3.34. The van der Waals surface area contributed by atoms with Gasteiger partial charge in [0.15, 0.2) is 17.6 Å². The number of aliphatic hydroxyl groups is 1. The Balaban J connectivity index is 1.56. The number of carbonyl (C=O) groups is 2. The molecular weight excluding hydrogens is 440 g/mol. The van der Waals surface area contributed by atoms with Crippen molar-refractivity contribution in [2.24, 2.45) is 0 Å². The second-order valence-electron chi connectivity index (χ2n) is 7.95. The standard InChI is InChI=1S/C25H32N2O7/c1-31-20-14-18(15-21(32-2)23(20)33-3)22(28)24(29)27-13-7-10-19(27)16-34-25(30)26-12-11-17-8-5-4-6-9-17/h4-6,8-9,14-15,19,22,28H,7,10-13,16H2,1-3H3,(H,26,30)/t19-,22?/m0/s1. The summed E-state index contributed by atoms with van der Waals surface area (Å²) in [6.45, 7) is 0.991. The summed E-state index contributed by atoms with van der Waals surface area (Å²) in [7, 11) is 4.41. The van der Waals surface area contributed by atoms with Crippen molar-refractivity contribution < 1.29 is 33.6 Å². The molecule has 34 heavy (non-hydrogen) atoms. The van der Waals surface area contributed by atoms with Crippen LogP contribution in [0, 0.1) is 0 Å². The maximum atomic E-state index is 13.1. The third-order valence-electron chi connectivity index (χ3n) is 5.83. The lowest BCUT2D eigenvalue weighted by atomic mass is 10.1. The van der Waals surface area contributed by atoms with Crippen LogP contribution in [-0.4, -0.2) is 69.1 Å². The lowest BCUT2D eigenvalue weighted by molar-refractivity contribution is -0.142. The van der Waals surface area contributed by atoms with E-state index in [1.54, 1.807) is 17.0 Å². The summed E-state index contributed by atoms with van der Waals surface area (Å²) in [5.74, 6) is 0.596. The third-order valence-corrected chi connectivity index (χ3v) is 5.83. The van der Waals surface area contributed by atoms with Crippen LogP contribution in [0.25, 0.3) is 0 Å². The molecule has 1 heterocycles. The quantitative estimate of drug-likeness (QED) is 0.548. The molecule has 0 spiro atoms. The van der Waals surface area contributed by atoms with Crippen LogP contribution in [0.1, 0.15) is 30.1 Å². The minimum Gasteiger partial charge on any atom is -0.493 e. The van der Waals surface area contributed by atoms with E-state index in [0.29, 0.717) is 48.7 Å². The van der Waals surface area contributed by atoms with E-state index in [-0.39, 0.29) is 12.6 Å². The molecule has 3 rings (SSSR count). The predicted octanol–water partition coefficient (Wildman–Crippen LogP) is 2.71. The molecule has 1 fully saturated rings. The second-order valence-corrected chi connectivity index (χ2v) is 7.95. The summed E-state index contributed by atoms with van der Waals surface area (Å²) >= 11 is 0. The number of hydrogen-bond acceptors (Lipinski definition) is 7. The highest BCUT2D eigenvalue weighted by Gasteiger charge is 2.34. The smallest absolute Gasteiger partial charge is 0.407 e. The van der Waals surface area contributed by atoms with Gasteiger partial charge < -0.3 is 34.3 Å². The summed E-state index contributed by atoms with van der Waals surface area (Å²) in [6, 6.07) is 12.6. The highest BCUT2D eigenvalue weighted by Crippen LogP contribution is 2.40. The fraction of sp³-hybridized carbons (Fsp3) is 0.440. The van der Waals surface area contributed by atoms with Gasteiger partial charge in [-0.25, -0.2) is 4.79 Å². The van der Waals surface area contributed by atoms with E-state index in [1.807, 2.05) is 30.3 Å². The summed E-state index contributed by atoms with van der Waals surface area (Å²) in [5.41, 5.74) is 1.45. The van der Waals surface area contributed by atoms with Gasteiger partial charge in [-0.2, -0.15) is 0 Å². The van der Waals surface area contributed by atoms with Crippen LogP contribution in [0.4, 0.5) is 4.79 Å². The van der Waals surface area contributed by atoms with E-state index in [1.165, 1.54) is 21.3 Å². The Labute approximate surface area is 199 Å². The van der Waals surface area contributed by atoms with Crippen LogP contribution in [-0.2, 0) is 16.0 Å². The number of amides is 2. The monoisotopic (exact) mass is 472 g/mol. The summed E-state index contributed by atoms with van der Waals surface area (Å²) in [5, 5.41) is 13.5. The number of alkyl carbamates (subject to hydrolysis) is 1. The van der Waals surface area contributed by atoms with Crippen LogP contribution in [0.3, 0.4) is 0 Å². The lowest BCUT2D eigenvalue weighted by Gasteiger charge is -2.27. The normalized spacial score (nSPS) is 16.0. The Morgan fingerprint density at radius 1 is 1.09 bits per heavy atom. The lowest BCUT2D eigenvalue weighted by Crippen LogP contribution is -2.42. The fourth-order valence-electron chi connectivity index (χ4n) is 4.03. The number of aliphatic hydroxyl groups excluding tert-OH is 1. The molecule has 9 nitrogen and oxygen atoms in total. The maximum absolute atomic E-state index is 13.1. The topological polar surface area (TPSA) is 107 Å². The zero-order valence-electron chi connectivity index (χ0n) is 19.8. The van der Waals surface area contributed by atoms with E-state index >= 15 is 0 Å². The van der Waals surface area contributed by atoms with Crippen molar-refractivity contribution in [3.05, 3.63) is 53.6 Å². The molecule has 1 aliphatic heterocycles. The van der Waals surface area contributed by atoms with Crippen molar-refractivity contribution in [1.82, 2.24) is 10.2 Å². The minimum absolute atomic E-state index is 0.0604. The molecule has 2 atom stereocenters. The van der Waals surface area contributed by atoms with Crippen LogP contribution in [0.2, 0.25) is 0 Å². The molecule has 0 bridgehead atoms. The van der Waals surface area contributed by atoms with Gasteiger partial charge in [-0.1, -0.05) is 30.3 Å². The van der Waals surface area contributed by atoms with Crippen LogP contribution >= 0.6 is 0 Å². The number of nitrogens with one attached hydrogen (secondary N) is 1. The predicted molar refractivity (Wildman–Crippen MR) is 125 cm³/mol. The molecule has 0 radical (unpaired) electrons. The van der Waals surface area contributed by atoms with Gasteiger partial charge in [0.25, 0.3) is 5.91 Å². The Bertz CT molecular complexity index is 942. The molecular formula is C25H32N2O7. The molecule has 1 aliphatic rings. The molecule has 2 aromatic rings. The van der Waals surface area contributed by atoms with Gasteiger partial charge in [0.2, 0.25) is 5.75 Å². The number of methoxy groups -OCH3 is 3. The number of nitrogens with zero attached hydrogens (tertiary/aromatic N) is 1. The van der Waals surface area contributed by atoms with Gasteiger partial charge >= 0.3 is 6.09 Å². The number of benzene rings is 2. The maximum Gasteiger partial charge on any atom is 0.407 e. The van der Waals surface area contributed by atoms with Crippen molar-refractivity contribution in [3.63, 3.8) is 0 Å². The average molecular weight is 473 g/mol. The third kappa shape index (κ3) is 6.11. The fourth-order valence-corrected chi connectivity index (χ4v) is 4.03. The molecule has 0 aliphatic carbocycles. The first-order chi connectivity index (χ1) is 16.5. The molecule has 2 amide bonds. The molecule has 1 saturated heterocycles. The first kappa shape index (κ1) is 25.2. The van der Waals surface area contributed by atoms with Crippen molar-refractivity contribution in [2.45, 2.75) is 31.4 Å². The molecule has 2 aromatic carbocycles. The molecule has 0 saturated carbocycles. The molecule has 9 heteroatoms. The Kier molecular flexibility index (Phi) is 8.98. The number of rotatable bonds is 10. The molecule has 1 unspecified atom stereocenters. The number of likely N-dealkylation sites (tertiary alicyclic amines) is 1. The molecule has 184 valence electrons. The van der Waals surface area contributed by atoms with Crippen molar-refractivity contribution >= 4 is 12.0 Å². The van der Waals surface area contributed by atoms with Crippen LogP contribution < -0.4 is 19.5 Å². The molecule has 0 aromatic heterocycles. The second kappa shape index (κ2) is 12.1. The van der Waals surface area contributed by atoms with Gasteiger partial charge in [0, 0.05) is 13.1 Å². The zero-order chi connectivity index (χ0) is 24.5. The number of hydrogen-bond donors (Lipinski definition) is 2. The van der Waals surface area contributed by atoms with Crippen molar-refractivity contribution in [2.75, 3.05) is 41.0 Å². The minimum atomic E-state index is -1.42. The van der Waals surface area contributed by atoms with Gasteiger partial charge in [0.1, 0.15) is 6.61 Å².